The third kappa shape index (κ3) is 5.47. The van der Waals surface area contributed by atoms with E-state index in [-0.39, 0.29) is 17.6 Å². The van der Waals surface area contributed by atoms with Crippen LogP contribution in [-0.4, -0.2) is 31.3 Å². The topological polar surface area (TPSA) is 83.5 Å². The Kier molecular flexibility index (Phi) is 6.36. The van der Waals surface area contributed by atoms with Crippen molar-refractivity contribution in [2.45, 2.75) is 39.2 Å². The van der Waals surface area contributed by atoms with Crippen molar-refractivity contribution < 1.29 is 18.3 Å². The zero-order chi connectivity index (χ0) is 16.0. The molecule has 0 bridgehead atoms. The molecular weight excluding hydrogens is 290 g/mol. The van der Waals surface area contributed by atoms with Crippen molar-refractivity contribution in [1.29, 1.82) is 0 Å². The van der Waals surface area contributed by atoms with Gasteiger partial charge in [-0.15, -0.1) is 0 Å². The molecular formula is C15H23NO4S. The molecule has 0 amide bonds. The van der Waals surface area contributed by atoms with Crippen molar-refractivity contribution >= 4 is 16.0 Å². The van der Waals surface area contributed by atoms with Crippen molar-refractivity contribution in [3.63, 3.8) is 0 Å². The maximum absolute atomic E-state index is 12.2. The van der Waals surface area contributed by atoms with E-state index in [4.69, 9.17) is 5.11 Å². The molecule has 0 heterocycles. The largest absolute Gasteiger partial charge is 0.480 e. The molecule has 0 radical (unpaired) electrons. The van der Waals surface area contributed by atoms with Gasteiger partial charge in [0.25, 0.3) is 0 Å². The molecule has 1 aromatic rings. The highest BCUT2D eigenvalue weighted by atomic mass is 32.2. The van der Waals surface area contributed by atoms with Crippen molar-refractivity contribution in [2.24, 2.45) is 5.92 Å². The average Bonchev–Trinajstić information content (AvgIpc) is 2.44. The SMILES string of the molecule is CCC(C)[C@H](NS(=O)(=O)CC(C)c1ccccc1)C(=O)O. The smallest absolute Gasteiger partial charge is 0.322 e. The number of rotatable bonds is 8. The van der Waals surface area contributed by atoms with Crippen LogP contribution in [0.5, 0.6) is 0 Å². The molecule has 0 aliphatic carbocycles. The molecule has 3 atom stereocenters. The number of carbonyl (C=O) groups is 1. The Hall–Kier alpha value is -1.40. The molecule has 6 heteroatoms. The van der Waals surface area contributed by atoms with Gasteiger partial charge in [-0.2, -0.15) is 0 Å². The van der Waals surface area contributed by atoms with E-state index in [1.165, 1.54) is 0 Å². The number of carboxylic acids is 1. The molecule has 1 rings (SSSR count). The van der Waals surface area contributed by atoms with Crippen LogP contribution < -0.4 is 4.72 Å². The minimum Gasteiger partial charge on any atom is -0.480 e. The van der Waals surface area contributed by atoms with Gasteiger partial charge in [0.1, 0.15) is 6.04 Å². The fraction of sp³-hybridized carbons (Fsp3) is 0.533. The molecule has 118 valence electrons. The second-order valence-electron chi connectivity index (χ2n) is 5.41. The monoisotopic (exact) mass is 313 g/mol. The third-order valence-electron chi connectivity index (χ3n) is 3.62. The van der Waals surface area contributed by atoms with Crippen molar-refractivity contribution in [1.82, 2.24) is 4.72 Å². The lowest BCUT2D eigenvalue weighted by Crippen LogP contribution is -2.46. The fourth-order valence-electron chi connectivity index (χ4n) is 2.09. The normalized spacial score (nSPS) is 16.1. The molecule has 0 saturated carbocycles. The molecule has 0 spiro atoms. The highest BCUT2D eigenvalue weighted by Crippen LogP contribution is 2.17. The summed E-state index contributed by atoms with van der Waals surface area (Å²) in [5.74, 6) is -1.73. The molecule has 0 aliphatic heterocycles. The minimum atomic E-state index is -3.66. The first-order chi connectivity index (χ1) is 9.76. The predicted molar refractivity (Wildman–Crippen MR) is 82.7 cm³/mol. The fourth-order valence-corrected chi connectivity index (χ4v) is 3.76. The summed E-state index contributed by atoms with van der Waals surface area (Å²) < 4.78 is 26.7. The molecule has 0 aliphatic rings. The molecule has 21 heavy (non-hydrogen) atoms. The van der Waals surface area contributed by atoms with Gasteiger partial charge in [-0.25, -0.2) is 13.1 Å². The summed E-state index contributed by atoms with van der Waals surface area (Å²) in [6.07, 6.45) is 0.591. The van der Waals surface area contributed by atoms with Crippen molar-refractivity contribution in [3.05, 3.63) is 35.9 Å². The Labute approximate surface area is 126 Å². The van der Waals surface area contributed by atoms with E-state index in [1.807, 2.05) is 44.2 Å². The van der Waals surface area contributed by atoms with E-state index in [1.54, 1.807) is 6.92 Å². The number of hydrogen-bond acceptors (Lipinski definition) is 3. The predicted octanol–water partition coefficient (Wildman–Crippen LogP) is 2.21. The van der Waals surface area contributed by atoms with E-state index in [9.17, 15) is 13.2 Å². The maximum Gasteiger partial charge on any atom is 0.322 e. The van der Waals surface area contributed by atoms with Crippen molar-refractivity contribution in [3.8, 4) is 0 Å². The van der Waals surface area contributed by atoms with Crippen LogP contribution in [0.15, 0.2) is 30.3 Å². The van der Waals surface area contributed by atoms with Crippen LogP contribution in [0.4, 0.5) is 0 Å². The van der Waals surface area contributed by atoms with E-state index < -0.39 is 22.0 Å². The second kappa shape index (κ2) is 7.56. The summed E-state index contributed by atoms with van der Waals surface area (Å²) in [6, 6.07) is 8.22. The zero-order valence-electron chi connectivity index (χ0n) is 12.6. The van der Waals surface area contributed by atoms with Crippen LogP contribution in [-0.2, 0) is 14.8 Å². The molecule has 5 nitrogen and oxygen atoms in total. The number of nitrogens with one attached hydrogen (secondary N) is 1. The van der Waals surface area contributed by atoms with Gasteiger partial charge < -0.3 is 5.11 Å². The summed E-state index contributed by atoms with van der Waals surface area (Å²) in [5, 5.41) is 9.16. The lowest BCUT2D eigenvalue weighted by atomic mass is 10.0. The van der Waals surface area contributed by atoms with Crippen LogP contribution in [0.3, 0.4) is 0 Å². The summed E-state index contributed by atoms with van der Waals surface area (Å²) in [5.41, 5.74) is 0.915. The van der Waals surface area contributed by atoms with E-state index >= 15 is 0 Å². The van der Waals surface area contributed by atoms with Gasteiger partial charge in [0.15, 0.2) is 0 Å². The quantitative estimate of drug-likeness (QED) is 0.771. The highest BCUT2D eigenvalue weighted by Gasteiger charge is 2.29. The maximum atomic E-state index is 12.2. The zero-order valence-corrected chi connectivity index (χ0v) is 13.4. The third-order valence-corrected chi connectivity index (χ3v) is 5.18. The molecule has 1 aromatic carbocycles. The Morgan fingerprint density at radius 3 is 2.29 bits per heavy atom. The van der Waals surface area contributed by atoms with Gasteiger partial charge in [-0.1, -0.05) is 57.5 Å². The molecule has 0 fully saturated rings. The second-order valence-corrected chi connectivity index (χ2v) is 7.21. The minimum absolute atomic E-state index is 0.128. The summed E-state index contributed by atoms with van der Waals surface area (Å²) in [6.45, 7) is 5.37. The van der Waals surface area contributed by atoms with Crippen LogP contribution in [0.1, 0.15) is 38.7 Å². The Morgan fingerprint density at radius 1 is 1.24 bits per heavy atom. The lowest BCUT2D eigenvalue weighted by molar-refractivity contribution is -0.140. The molecule has 2 unspecified atom stereocenters. The first kappa shape index (κ1) is 17.7. The summed E-state index contributed by atoms with van der Waals surface area (Å²) in [4.78, 5) is 11.2. The van der Waals surface area contributed by atoms with E-state index in [0.29, 0.717) is 6.42 Å². The van der Waals surface area contributed by atoms with Gasteiger partial charge in [-0.05, 0) is 17.4 Å². The number of aliphatic carboxylic acids is 1. The highest BCUT2D eigenvalue weighted by molar-refractivity contribution is 7.89. The Morgan fingerprint density at radius 2 is 1.81 bits per heavy atom. The van der Waals surface area contributed by atoms with Gasteiger partial charge >= 0.3 is 5.97 Å². The standard InChI is InChI=1S/C15H23NO4S/c1-4-11(2)14(15(17)18)16-21(19,20)10-12(3)13-8-6-5-7-9-13/h5-9,11-12,14,16H,4,10H2,1-3H3,(H,17,18)/t11?,12?,14-/m0/s1. The van der Waals surface area contributed by atoms with Gasteiger partial charge in [-0.3, -0.25) is 4.79 Å². The average molecular weight is 313 g/mol. The molecule has 0 saturated heterocycles. The first-order valence-corrected chi connectivity index (χ1v) is 8.69. The number of carboxylic acid groups (broad SMARTS) is 1. The Bertz CT molecular complexity index is 556. The van der Waals surface area contributed by atoms with E-state index in [0.717, 1.165) is 5.56 Å². The van der Waals surface area contributed by atoms with Gasteiger partial charge in [0.05, 0.1) is 5.75 Å². The first-order valence-electron chi connectivity index (χ1n) is 7.04. The summed E-state index contributed by atoms with van der Waals surface area (Å²) in [7, 11) is -3.66. The molecule has 0 aromatic heterocycles. The molecule has 2 N–H and O–H groups in total. The number of hydrogen-bond donors (Lipinski definition) is 2. The van der Waals surface area contributed by atoms with Crippen molar-refractivity contribution in [2.75, 3.05) is 5.75 Å². The van der Waals surface area contributed by atoms with E-state index in [2.05, 4.69) is 4.72 Å². The lowest BCUT2D eigenvalue weighted by Gasteiger charge is -2.21. The van der Waals surface area contributed by atoms with Gasteiger partial charge in [0.2, 0.25) is 10.0 Å². The van der Waals surface area contributed by atoms with Crippen LogP contribution in [0.2, 0.25) is 0 Å². The Balaban J connectivity index is 2.79. The summed E-state index contributed by atoms with van der Waals surface area (Å²) >= 11 is 0. The van der Waals surface area contributed by atoms with Crippen LogP contribution in [0.25, 0.3) is 0 Å². The number of benzene rings is 1. The van der Waals surface area contributed by atoms with Crippen LogP contribution in [0, 0.1) is 5.92 Å². The number of sulfonamides is 1. The van der Waals surface area contributed by atoms with Gasteiger partial charge in [0, 0.05) is 0 Å². The van der Waals surface area contributed by atoms with Crippen LogP contribution >= 0.6 is 0 Å².